The van der Waals surface area contributed by atoms with Crippen molar-refractivity contribution in [2.45, 2.75) is 27.3 Å². The molecule has 0 aliphatic rings. The highest BCUT2D eigenvalue weighted by Gasteiger charge is 2.20. The van der Waals surface area contributed by atoms with Gasteiger partial charge in [-0.25, -0.2) is 9.67 Å². The fraction of sp³-hybridized carbons (Fsp3) is 0.174. The molecule has 0 spiro atoms. The minimum atomic E-state index is 0.320. The molecule has 0 saturated heterocycles. The van der Waals surface area contributed by atoms with Crippen molar-refractivity contribution >= 4 is 15.9 Å². The average Bonchev–Trinajstić information content (AvgIpc) is 3.49. The Labute approximate surface area is 192 Å². The molecule has 0 amide bonds. The molecule has 2 aromatic carbocycles. The van der Waals surface area contributed by atoms with Crippen molar-refractivity contribution in [3.8, 4) is 34.4 Å². The highest BCUT2D eigenvalue weighted by molar-refractivity contribution is 9.10. The molecule has 0 saturated carbocycles. The van der Waals surface area contributed by atoms with Gasteiger partial charge in [-0.3, -0.25) is 0 Å². The van der Waals surface area contributed by atoms with E-state index >= 15 is 0 Å². The van der Waals surface area contributed by atoms with Crippen LogP contribution in [0.5, 0.6) is 0 Å². The van der Waals surface area contributed by atoms with Crippen LogP contribution in [0.15, 0.2) is 61.9 Å². The maximum Gasteiger partial charge on any atom is 0.280 e. The molecule has 0 atom stereocenters. The van der Waals surface area contributed by atoms with Crippen LogP contribution in [0.1, 0.15) is 22.7 Å². The number of benzene rings is 2. The molecule has 0 radical (unpaired) electrons. The largest absolute Gasteiger partial charge is 0.441 e. The first-order chi connectivity index (χ1) is 15.5. The molecular weight excluding hydrogens is 472 g/mol. The van der Waals surface area contributed by atoms with E-state index in [1.165, 1.54) is 5.56 Å². The summed E-state index contributed by atoms with van der Waals surface area (Å²) in [5, 5.41) is 12.6. The van der Waals surface area contributed by atoms with Gasteiger partial charge in [-0.05, 0) is 45.0 Å². The summed E-state index contributed by atoms with van der Waals surface area (Å²) in [6.45, 7) is 6.28. The summed E-state index contributed by atoms with van der Waals surface area (Å²) in [6.07, 6.45) is 0. The third-order valence-electron chi connectivity index (χ3n) is 5.18. The summed E-state index contributed by atoms with van der Waals surface area (Å²) in [5.74, 6) is 2.14. The zero-order valence-electron chi connectivity index (χ0n) is 17.7. The van der Waals surface area contributed by atoms with Gasteiger partial charge in [0, 0.05) is 15.6 Å². The van der Waals surface area contributed by atoms with Crippen molar-refractivity contribution < 1.29 is 8.94 Å². The van der Waals surface area contributed by atoms with Gasteiger partial charge in [0.05, 0.1) is 12.2 Å². The molecular formula is C23H19BrN6O2. The van der Waals surface area contributed by atoms with Gasteiger partial charge in [0.25, 0.3) is 5.89 Å². The number of rotatable bonds is 5. The monoisotopic (exact) mass is 490 g/mol. The Kier molecular flexibility index (Phi) is 5.18. The quantitative estimate of drug-likeness (QED) is 0.326. The maximum absolute atomic E-state index is 5.89. The highest BCUT2D eigenvalue weighted by Crippen LogP contribution is 2.26. The zero-order chi connectivity index (χ0) is 22.2. The molecule has 3 heterocycles. The summed E-state index contributed by atoms with van der Waals surface area (Å²) in [6, 6.07) is 15.8. The third kappa shape index (κ3) is 3.87. The van der Waals surface area contributed by atoms with Crippen LogP contribution in [0.4, 0.5) is 0 Å². The van der Waals surface area contributed by atoms with E-state index < -0.39 is 0 Å². The molecule has 0 fully saturated rings. The molecule has 0 aliphatic carbocycles. The minimum absolute atomic E-state index is 0.320. The number of aromatic nitrogens is 6. The van der Waals surface area contributed by atoms with Crippen LogP contribution in [0.3, 0.4) is 0 Å². The van der Waals surface area contributed by atoms with Crippen LogP contribution in [-0.2, 0) is 6.54 Å². The van der Waals surface area contributed by atoms with Gasteiger partial charge >= 0.3 is 0 Å². The summed E-state index contributed by atoms with van der Waals surface area (Å²) < 4.78 is 14.0. The van der Waals surface area contributed by atoms with E-state index in [4.69, 9.17) is 8.94 Å². The molecule has 0 bridgehead atoms. The topological polar surface area (TPSA) is 95.7 Å². The van der Waals surface area contributed by atoms with E-state index in [1.807, 2.05) is 69.3 Å². The van der Waals surface area contributed by atoms with Crippen LogP contribution >= 0.6 is 15.9 Å². The van der Waals surface area contributed by atoms with Crippen LogP contribution in [0, 0.1) is 20.8 Å². The van der Waals surface area contributed by atoms with E-state index in [1.54, 1.807) is 4.68 Å². The second-order valence-electron chi connectivity index (χ2n) is 7.50. The minimum Gasteiger partial charge on any atom is -0.441 e. The van der Waals surface area contributed by atoms with Crippen molar-refractivity contribution in [3.63, 3.8) is 0 Å². The van der Waals surface area contributed by atoms with Crippen LogP contribution in [0.25, 0.3) is 34.4 Å². The Balaban J connectivity index is 1.40. The van der Waals surface area contributed by atoms with Gasteiger partial charge < -0.3 is 8.94 Å². The summed E-state index contributed by atoms with van der Waals surface area (Å²) in [5.41, 5.74) is 5.10. The molecule has 32 heavy (non-hydrogen) atoms. The number of nitrogens with zero attached hydrogens (tertiary/aromatic N) is 6. The Hall–Kier alpha value is -3.59. The van der Waals surface area contributed by atoms with E-state index in [-0.39, 0.29) is 0 Å². The van der Waals surface area contributed by atoms with Crippen molar-refractivity contribution in [3.05, 3.63) is 75.7 Å². The number of aryl methyl sites for hydroxylation is 2. The van der Waals surface area contributed by atoms with Crippen LogP contribution < -0.4 is 0 Å². The number of hydrogen-bond acceptors (Lipinski definition) is 7. The van der Waals surface area contributed by atoms with Gasteiger partial charge in [-0.2, -0.15) is 4.98 Å². The fourth-order valence-electron chi connectivity index (χ4n) is 3.31. The van der Waals surface area contributed by atoms with Crippen LogP contribution in [0.2, 0.25) is 0 Å². The second kappa shape index (κ2) is 8.16. The smallest absolute Gasteiger partial charge is 0.280 e. The predicted octanol–water partition coefficient (Wildman–Crippen LogP) is 5.39. The highest BCUT2D eigenvalue weighted by atomic mass is 79.9. The van der Waals surface area contributed by atoms with E-state index in [0.29, 0.717) is 29.8 Å². The zero-order valence-corrected chi connectivity index (χ0v) is 19.3. The van der Waals surface area contributed by atoms with E-state index in [2.05, 4.69) is 41.4 Å². The number of oxazole rings is 1. The SMILES string of the molecule is Cc1ccc(-c2nc(Cn3nnc(-c4nc(-c5cccc(Br)c5)no4)c3C)c(C)o2)cc1. The predicted molar refractivity (Wildman–Crippen MR) is 122 cm³/mol. The van der Waals surface area contributed by atoms with Gasteiger partial charge in [0.15, 0.2) is 5.69 Å². The molecule has 9 heteroatoms. The van der Waals surface area contributed by atoms with Crippen molar-refractivity contribution in [2.24, 2.45) is 0 Å². The van der Waals surface area contributed by atoms with E-state index in [9.17, 15) is 0 Å². The normalized spacial score (nSPS) is 11.2. The first-order valence-electron chi connectivity index (χ1n) is 10.0. The molecule has 5 aromatic rings. The first kappa shape index (κ1) is 20.3. The molecule has 0 aliphatic heterocycles. The molecule has 0 N–H and O–H groups in total. The average molecular weight is 491 g/mol. The number of hydrogen-bond donors (Lipinski definition) is 0. The maximum atomic E-state index is 5.89. The molecule has 0 unspecified atom stereocenters. The lowest BCUT2D eigenvalue weighted by molar-refractivity contribution is 0.430. The van der Waals surface area contributed by atoms with Crippen molar-refractivity contribution in [2.75, 3.05) is 0 Å². The Bertz CT molecular complexity index is 1400. The lowest BCUT2D eigenvalue weighted by Gasteiger charge is -2.00. The summed E-state index contributed by atoms with van der Waals surface area (Å²) in [4.78, 5) is 9.16. The molecule has 3 aromatic heterocycles. The Morgan fingerprint density at radius 2 is 1.75 bits per heavy atom. The van der Waals surface area contributed by atoms with E-state index in [0.717, 1.165) is 32.7 Å². The van der Waals surface area contributed by atoms with Crippen molar-refractivity contribution in [1.29, 1.82) is 0 Å². The lowest BCUT2D eigenvalue weighted by Crippen LogP contribution is -2.05. The third-order valence-corrected chi connectivity index (χ3v) is 5.68. The Morgan fingerprint density at radius 1 is 0.938 bits per heavy atom. The standard InChI is InChI=1S/C23H19BrN6O2/c1-13-7-9-16(10-8-13)22-25-19(15(3)31-22)12-30-14(2)20(27-29-30)23-26-21(28-32-23)17-5-4-6-18(24)11-17/h4-11H,12H2,1-3H3. The van der Waals surface area contributed by atoms with Crippen LogP contribution in [-0.4, -0.2) is 30.1 Å². The first-order valence-corrected chi connectivity index (χ1v) is 10.8. The Morgan fingerprint density at radius 3 is 2.53 bits per heavy atom. The summed E-state index contributed by atoms with van der Waals surface area (Å²) in [7, 11) is 0. The fourth-order valence-corrected chi connectivity index (χ4v) is 3.71. The second-order valence-corrected chi connectivity index (χ2v) is 8.42. The lowest BCUT2D eigenvalue weighted by atomic mass is 10.1. The van der Waals surface area contributed by atoms with Gasteiger partial charge in [0.1, 0.15) is 11.5 Å². The van der Waals surface area contributed by atoms with Gasteiger partial charge in [-0.1, -0.05) is 56.1 Å². The molecule has 5 rings (SSSR count). The van der Waals surface area contributed by atoms with Gasteiger partial charge in [-0.15, -0.1) is 5.10 Å². The summed E-state index contributed by atoms with van der Waals surface area (Å²) >= 11 is 3.46. The number of halogens is 1. The molecule has 160 valence electrons. The van der Waals surface area contributed by atoms with Gasteiger partial charge in [0.2, 0.25) is 11.7 Å². The van der Waals surface area contributed by atoms with Crippen molar-refractivity contribution in [1.82, 2.24) is 30.1 Å². The molecule has 8 nitrogen and oxygen atoms in total.